The number of hydrogen-bond acceptors (Lipinski definition) is 1. The monoisotopic (exact) mass is 241 g/mol. The lowest BCUT2D eigenvalue weighted by atomic mass is 10.3. The van der Waals surface area contributed by atoms with Gasteiger partial charge in [-0.05, 0) is 18.3 Å². The first-order valence-corrected chi connectivity index (χ1v) is 4.55. The standard InChI is InChI=1S/C7H10BrF2NO/c1-4-2-5(4)3-11-6(12)7(8,9)10/h4-5H,2-3H2,1H3,(H,11,12). The zero-order valence-corrected chi connectivity index (χ0v) is 8.20. The van der Waals surface area contributed by atoms with Crippen molar-refractivity contribution in [2.45, 2.75) is 18.2 Å². The molecule has 0 aromatic heterocycles. The Labute approximate surface area is 77.8 Å². The Balaban J connectivity index is 2.19. The Hall–Kier alpha value is -0.190. The average molecular weight is 242 g/mol. The smallest absolute Gasteiger partial charge is 0.350 e. The average Bonchev–Trinajstić information content (AvgIpc) is 2.59. The summed E-state index contributed by atoms with van der Waals surface area (Å²) in [5, 5.41) is 2.18. The quantitative estimate of drug-likeness (QED) is 0.750. The van der Waals surface area contributed by atoms with Gasteiger partial charge in [-0.3, -0.25) is 4.79 Å². The van der Waals surface area contributed by atoms with Crippen molar-refractivity contribution >= 4 is 21.8 Å². The summed E-state index contributed by atoms with van der Waals surface area (Å²) in [7, 11) is 0. The molecule has 1 amide bonds. The highest BCUT2D eigenvalue weighted by Gasteiger charge is 2.38. The van der Waals surface area contributed by atoms with Gasteiger partial charge < -0.3 is 5.32 Å². The van der Waals surface area contributed by atoms with Gasteiger partial charge in [0.05, 0.1) is 0 Å². The van der Waals surface area contributed by atoms with Gasteiger partial charge in [0.2, 0.25) is 0 Å². The lowest BCUT2D eigenvalue weighted by molar-refractivity contribution is -0.134. The summed E-state index contributed by atoms with van der Waals surface area (Å²) < 4.78 is 24.4. The molecule has 0 radical (unpaired) electrons. The van der Waals surface area contributed by atoms with Crippen molar-refractivity contribution in [1.82, 2.24) is 5.32 Å². The van der Waals surface area contributed by atoms with E-state index in [9.17, 15) is 13.6 Å². The molecule has 0 aromatic rings. The summed E-state index contributed by atoms with van der Waals surface area (Å²) >= 11 is 1.98. The van der Waals surface area contributed by atoms with Crippen molar-refractivity contribution < 1.29 is 13.6 Å². The van der Waals surface area contributed by atoms with E-state index < -0.39 is 10.7 Å². The lowest BCUT2D eigenvalue weighted by Crippen LogP contribution is -2.36. The molecule has 0 saturated heterocycles. The third-order valence-corrected chi connectivity index (χ3v) is 2.42. The molecule has 1 saturated carbocycles. The van der Waals surface area contributed by atoms with Crippen molar-refractivity contribution in [2.24, 2.45) is 11.8 Å². The van der Waals surface area contributed by atoms with Crippen LogP contribution in [0.25, 0.3) is 0 Å². The van der Waals surface area contributed by atoms with Crippen LogP contribution in [0.2, 0.25) is 0 Å². The molecule has 1 rings (SSSR count). The second kappa shape index (κ2) is 3.28. The molecule has 0 bridgehead atoms. The summed E-state index contributed by atoms with van der Waals surface area (Å²) in [5.41, 5.74) is 0. The first-order valence-electron chi connectivity index (χ1n) is 3.76. The Bertz CT molecular complexity index is 192. The largest absolute Gasteiger partial charge is 0.377 e. The van der Waals surface area contributed by atoms with E-state index in [4.69, 9.17) is 0 Å². The van der Waals surface area contributed by atoms with Crippen LogP contribution in [0, 0.1) is 11.8 Å². The van der Waals surface area contributed by atoms with Crippen molar-refractivity contribution in [2.75, 3.05) is 6.54 Å². The molecule has 0 spiro atoms. The number of amides is 1. The highest BCUT2D eigenvalue weighted by atomic mass is 79.9. The van der Waals surface area contributed by atoms with E-state index in [0.29, 0.717) is 18.4 Å². The van der Waals surface area contributed by atoms with Gasteiger partial charge in [0.25, 0.3) is 0 Å². The molecule has 2 atom stereocenters. The van der Waals surface area contributed by atoms with E-state index in [0.717, 1.165) is 6.42 Å². The maximum Gasteiger partial charge on any atom is 0.377 e. The first-order chi connectivity index (χ1) is 5.41. The van der Waals surface area contributed by atoms with Crippen LogP contribution in [-0.4, -0.2) is 17.3 Å². The molecule has 1 N–H and O–H groups in total. The van der Waals surface area contributed by atoms with Crippen molar-refractivity contribution in [1.29, 1.82) is 0 Å². The van der Waals surface area contributed by atoms with E-state index in [1.165, 1.54) is 0 Å². The molecular formula is C7H10BrF2NO. The van der Waals surface area contributed by atoms with Crippen LogP contribution in [0.4, 0.5) is 8.78 Å². The first kappa shape index (κ1) is 9.89. The van der Waals surface area contributed by atoms with Gasteiger partial charge in [0.1, 0.15) is 0 Å². The molecule has 0 aromatic carbocycles. The van der Waals surface area contributed by atoms with Crippen molar-refractivity contribution in [3.63, 3.8) is 0 Å². The summed E-state index contributed by atoms with van der Waals surface area (Å²) in [6, 6.07) is 0. The van der Waals surface area contributed by atoms with Gasteiger partial charge >= 0.3 is 10.7 Å². The molecule has 1 fully saturated rings. The normalized spacial score (nSPS) is 28.3. The van der Waals surface area contributed by atoms with Crippen molar-refractivity contribution in [3.05, 3.63) is 0 Å². The number of alkyl halides is 3. The van der Waals surface area contributed by atoms with Crippen LogP contribution >= 0.6 is 15.9 Å². The van der Waals surface area contributed by atoms with Crippen molar-refractivity contribution in [3.8, 4) is 0 Å². The SMILES string of the molecule is CC1CC1CNC(=O)C(F)(F)Br. The maximum atomic E-state index is 12.2. The Morgan fingerprint density at radius 3 is 2.58 bits per heavy atom. The van der Waals surface area contributed by atoms with Gasteiger partial charge in [0, 0.05) is 22.5 Å². The fourth-order valence-electron chi connectivity index (χ4n) is 1.01. The number of rotatable bonds is 3. The molecular weight excluding hydrogens is 232 g/mol. The van der Waals surface area contributed by atoms with E-state index in [1.807, 2.05) is 22.9 Å². The number of carbonyl (C=O) groups excluding carboxylic acids is 1. The highest BCUT2D eigenvalue weighted by Crippen LogP contribution is 2.37. The van der Waals surface area contributed by atoms with E-state index in [2.05, 4.69) is 5.32 Å². The summed E-state index contributed by atoms with van der Waals surface area (Å²) in [5.74, 6) is -0.292. The Kier molecular flexibility index (Phi) is 2.70. The topological polar surface area (TPSA) is 29.1 Å². The molecule has 2 unspecified atom stereocenters. The molecule has 2 nitrogen and oxygen atoms in total. The van der Waals surface area contributed by atoms with Gasteiger partial charge in [-0.1, -0.05) is 6.92 Å². The zero-order chi connectivity index (χ0) is 9.35. The summed E-state index contributed by atoms with van der Waals surface area (Å²) in [6.07, 6.45) is 1.02. The third kappa shape index (κ3) is 2.69. The molecule has 0 heterocycles. The van der Waals surface area contributed by atoms with Crippen LogP contribution in [-0.2, 0) is 4.79 Å². The van der Waals surface area contributed by atoms with Crippen LogP contribution in [0.15, 0.2) is 0 Å². The van der Waals surface area contributed by atoms with E-state index in [1.54, 1.807) is 0 Å². The second-order valence-corrected chi connectivity index (χ2v) is 4.18. The molecule has 70 valence electrons. The Morgan fingerprint density at radius 1 is 1.75 bits per heavy atom. The number of carbonyl (C=O) groups is 1. The fourth-order valence-corrected chi connectivity index (χ4v) is 1.15. The van der Waals surface area contributed by atoms with Crippen LogP contribution in [0.5, 0.6) is 0 Å². The van der Waals surface area contributed by atoms with Gasteiger partial charge in [0.15, 0.2) is 0 Å². The number of hydrogen-bond donors (Lipinski definition) is 1. The minimum absolute atomic E-state index is 0.362. The number of halogens is 3. The summed E-state index contributed by atoms with van der Waals surface area (Å²) in [6.45, 7) is 2.39. The minimum Gasteiger partial charge on any atom is -0.350 e. The molecule has 5 heteroatoms. The Morgan fingerprint density at radius 2 is 2.25 bits per heavy atom. The van der Waals surface area contributed by atoms with Gasteiger partial charge in [-0.15, -0.1) is 0 Å². The van der Waals surface area contributed by atoms with Crippen LogP contribution in [0.1, 0.15) is 13.3 Å². The predicted molar refractivity (Wildman–Crippen MR) is 44.2 cm³/mol. The van der Waals surface area contributed by atoms with E-state index >= 15 is 0 Å². The molecule has 12 heavy (non-hydrogen) atoms. The minimum atomic E-state index is -3.43. The molecule has 1 aliphatic carbocycles. The highest BCUT2D eigenvalue weighted by molar-refractivity contribution is 9.10. The fraction of sp³-hybridized carbons (Fsp3) is 0.857. The predicted octanol–water partition coefficient (Wildman–Crippen LogP) is 1.75. The zero-order valence-electron chi connectivity index (χ0n) is 6.61. The maximum absolute atomic E-state index is 12.2. The molecule has 1 aliphatic rings. The third-order valence-electron chi connectivity index (χ3n) is 2.06. The lowest BCUT2D eigenvalue weighted by Gasteiger charge is -2.08. The summed E-state index contributed by atoms with van der Waals surface area (Å²) in [4.78, 5) is 7.17. The number of nitrogens with one attached hydrogen (secondary N) is 1. The molecule has 0 aliphatic heterocycles. The second-order valence-electron chi connectivity index (χ2n) is 3.18. The van der Waals surface area contributed by atoms with Gasteiger partial charge in [-0.2, -0.15) is 8.78 Å². The van der Waals surface area contributed by atoms with Crippen LogP contribution < -0.4 is 5.32 Å². The van der Waals surface area contributed by atoms with Gasteiger partial charge in [-0.25, -0.2) is 0 Å². The van der Waals surface area contributed by atoms with Crippen LogP contribution in [0.3, 0.4) is 0 Å². The van der Waals surface area contributed by atoms with E-state index in [-0.39, 0.29) is 0 Å².